The van der Waals surface area contributed by atoms with E-state index in [0.717, 1.165) is 41.7 Å². The molecule has 0 saturated heterocycles. The highest BCUT2D eigenvalue weighted by atomic mass is 15.3. The Hall–Kier alpha value is -1.42. The lowest BCUT2D eigenvalue weighted by molar-refractivity contribution is 0.611. The van der Waals surface area contributed by atoms with Crippen molar-refractivity contribution in [1.29, 1.82) is 0 Å². The highest BCUT2D eigenvalue weighted by molar-refractivity contribution is 5.78. The normalized spacial score (nSPS) is 22.6. The molecule has 2 unspecified atom stereocenters. The molecule has 2 atom stereocenters. The lowest BCUT2D eigenvalue weighted by atomic mass is 10.2. The highest BCUT2D eigenvalue weighted by Crippen LogP contribution is 2.36. The molecule has 0 bridgehead atoms. The summed E-state index contributed by atoms with van der Waals surface area (Å²) < 4.78 is 1.84. The summed E-state index contributed by atoms with van der Waals surface area (Å²) in [5.74, 6) is 1.81. The van der Waals surface area contributed by atoms with E-state index >= 15 is 0 Å². The van der Waals surface area contributed by atoms with Gasteiger partial charge < -0.3 is 5.32 Å². The molecule has 0 amide bonds. The largest absolute Gasteiger partial charge is 0.312 e. The lowest BCUT2D eigenvalue weighted by Gasteiger charge is -2.04. The first-order valence-corrected chi connectivity index (χ1v) is 6.64. The van der Waals surface area contributed by atoms with E-state index in [1.54, 1.807) is 0 Å². The van der Waals surface area contributed by atoms with Crippen molar-refractivity contribution in [3.05, 3.63) is 23.5 Å². The van der Waals surface area contributed by atoms with Gasteiger partial charge in [0.15, 0.2) is 5.65 Å². The Labute approximate surface area is 107 Å². The molecule has 1 saturated carbocycles. The van der Waals surface area contributed by atoms with Gasteiger partial charge in [-0.25, -0.2) is 4.98 Å². The van der Waals surface area contributed by atoms with E-state index in [4.69, 9.17) is 0 Å². The number of aryl methyl sites for hydroxylation is 2. The molecule has 0 aliphatic heterocycles. The van der Waals surface area contributed by atoms with E-state index in [1.165, 1.54) is 12.0 Å². The van der Waals surface area contributed by atoms with Crippen LogP contribution in [-0.2, 0) is 13.6 Å². The summed E-state index contributed by atoms with van der Waals surface area (Å²) in [6, 6.07) is 2.20. The first kappa shape index (κ1) is 11.7. The van der Waals surface area contributed by atoms with Gasteiger partial charge in [0, 0.05) is 25.2 Å². The van der Waals surface area contributed by atoms with Gasteiger partial charge in [0.2, 0.25) is 0 Å². The number of hydrogen-bond acceptors (Lipinski definition) is 3. The van der Waals surface area contributed by atoms with Gasteiger partial charge in [-0.15, -0.1) is 0 Å². The SMILES string of the molecule is Cc1nn(C)c2ncc(CNCC3CC3C)cc12. The Balaban J connectivity index is 1.70. The molecule has 96 valence electrons. The maximum atomic E-state index is 4.49. The van der Waals surface area contributed by atoms with Gasteiger partial charge in [-0.1, -0.05) is 6.92 Å². The number of nitrogens with zero attached hydrogens (tertiary/aromatic N) is 3. The van der Waals surface area contributed by atoms with Crippen LogP contribution < -0.4 is 5.32 Å². The van der Waals surface area contributed by atoms with Crippen molar-refractivity contribution in [3.63, 3.8) is 0 Å². The molecule has 0 radical (unpaired) electrons. The number of hydrogen-bond donors (Lipinski definition) is 1. The average Bonchev–Trinajstić information content (AvgIpc) is 2.97. The Morgan fingerprint density at radius 2 is 2.28 bits per heavy atom. The molecule has 0 spiro atoms. The average molecular weight is 244 g/mol. The standard InChI is InChI=1S/C14H20N4/c1-9-4-12(9)8-15-6-11-5-13-10(2)17-18(3)14(13)16-7-11/h5,7,9,12,15H,4,6,8H2,1-3H3. The monoisotopic (exact) mass is 244 g/mol. The molecular formula is C14H20N4. The molecule has 2 aromatic rings. The van der Waals surface area contributed by atoms with Crippen LogP contribution in [-0.4, -0.2) is 21.3 Å². The predicted molar refractivity (Wildman–Crippen MR) is 72.2 cm³/mol. The summed E-state index contributed by atoms with van der Waals surface area (Å²) in [5.41, 5.74) is 3.26. The van der Waals surface area contributed by atoms with E-state index in [1.807, 2.05) is 24.9 Å². The summed E-state index contributed by atoms with van der Waals surface area (Å²) in [6.07, 6.45) is 3.33. The molecule has 1 aliphatic carbocycles. The third-order valence-electron chi connectivity index (χ3n) is 3.93. The van der Waals surface area contributed by atoms with E-state index in [-0.39, 0.29) is 0 Å². The van der Waals surface area contributed by atoms with Crippen molar-refractivity contribution in [2.24, 2.45) is 18.9 Å². The fourth-order valence-electron chi connectivity index (χ4n) is 2.53. The fraction of sp³-hybridized carbons (Fsp3) is 0.571. The van der Waals surface area contributed by atoms with Crippen molar-refractivity contribution in [3.8, 4) is 0 Å². The van der Waals surface area contributed by atoms with E-state index < -0.39 is 0 Å². The molecule has 1 aliphatic rings. The minimum Gasteiger partial charge on any atom is -0.312 e. The predicted octanol–water partition coefficient (Wildman–Crippen LogP) is 2.02. The number of aromatic nitrogens is 3. The Bertz CT molecular complexity index is 572. The van der Waals surface area contributed by atoms with Crippen LogP contribution in [0.2, 0.25) is 0 Å². The quantitative estimate of drug-likeness (QED) is 0.894. The van der Waals surface area contributed by atoms with Gasteiger partial charge in [-0.3, -0.25) is 4.68 Å². The summed E-state index contributed by atoms with van der Waals surface area (Å²) in [4.78, 5) is 4.49. The summed E-state index contributed by atoms with van der Waals surface area (Å²) in [5, 5.41) is 9.07. The van der Waals surface area contributed by atoms with Gasteiger partial charge in [-0.05, 0) is 43.4 Å². The van der Waals surface area contributed by atoms with Gasteiger partial charge in [0.1, 0.15) is 0 Å². The maximum absolute atomic E-state index is 4.49. The molecule has 1 N–H and O–H groups in total. The number of nitrogens with one attached hydrogen (secondary N) is 1. The topological polar surface area (TPSA) is 42.7 Å². The van der Waals surface area contributed by atoms with Gasteiger partial charge >= 0.3 is 0 Å². The minimum absolute atomic E-state index is 0.891. The Kier molecular flexibility index (Phi) is 2.82. The minimum atomic E-state index is 0.891. The fourth-order valence-corrected chi connectivity index (χ4v) is 2.53. The smallest absolute Gasteiger partial charge is 0.157 e. The van der Waals surface area contributed by atoms with Gasteiger partial charge in [0.05, 0.1) is 5.69 Å². The van der Waals surface area contributed by atoms with Crippen LogP contribution in [0.15, 0.2) is 12.3 Å². The van der Waals surface area contributed by atoms with E-state index in [0.29, 0.717) is 0 Å². The first-order chi connectivity index (χ1) is 8.65. The van der Waals surface area contributed by atoms with Crippen LogP contribution >= 0.6 is 0 Å². The van der Waals surface area contributed by atoms with Gasteiger partial charge in [0.25, 0.3) is 0 Å². The third kappa shape index (κ3) is 2.12. The molecule has 18 heavy (non-hydrogen) atoms. The Morgan fingerprint density at radius 3 is 3.00 bits per heavy atom. The summed E-state index contributed by atoms with van der Waals surface area (Å²) in [7, 11) is 1.94. The molecule has 0 aromatic carbocycles. The highest BCUT2D eigenvalue weighted by Gasteiger charge is 2.31. The van der Waals surface area contributed by atoms with Crippen LogP contribution in [0.3, 0.4) is 0 Å². The zero-order chi connectivity index (χ0) is 12.7. The number of fused-ring (bicyclic) bond motifs is 1. The molecule has 3 rings (SSSR count). The summed E-state index contributed by atoms with van der Waals surface area (Å²) in [6.45, 7) is 6.39. The van der Waals surface area contributed by atoms with Crippen molar-refractivity contribution >= 4 is 11.0 Å². The molecule has 2 heterocycles. The summed E-state index contributed by atoms with van der Waals surface area (Å²) >= 11 is 0. The van der Waals surface area contributed by atoms with Gasteiger partial charge in [-0.2, -0.15) is 5.10 Å². The van der Waals surface area contributed by atoms with Crippen LogP contribution in [0.1, 0.15) is 24.6 Å². The van der Waals surface area contributed by atoms with Crippen LogP contribution in [0.4, 0.5) is 0 Å². The third-order valence-corrected chi connectivity index (χ3v) is 3.93. The first-order valence-electron chi connectivity index (χ1n) is 6.64. The second-order valence-corrected chi connectivity index (χ2v) is 5.53. The van der Waals surface area contributed by atoms with Crippen molar-refractivity contribution < 1.29 is 0 Å². The van der Waals surface area contributed by atoms with Crippen molar-refractivity contribution in [1.82, 2.24) is 20.1 Å². The number of pyridine rings is 1. The lowest BCUT2D eigenvalue weighted by Crippen LogP contribution is -2.16. The molecule has 4 heteroatoms. The second-order valence-electron chi connectivity index (χ2n) is 5.53. The van der Waals surface area contributed by atoms with Crippen molar-refractivity contribution in [2.75, 3.05) is 6.54 Å². The molecule has 4 nitrogen and oxygen atoms in total. The second kappa shape index (κ2) is 4.35. The maximum Gasteiger partial charge on any atom is 0.157 e. The zero-order valence-corrected chi connectivity index (χ0v) is 11.3. The number of rotatable bonds is 4. The zero-order valence-electron chi connectivity index (χ0n) is 11.3. The van der Waals surface area contributed by atoms with Crippen LogP contribution in [0.5, 0.6) is 0 Å². The van der Waals surface area contributed by atoms with Crippen LogP contribution in [0.25, 0.3) is 11.0 Å². The van der Waals surface area contributed by atoms with E-state index in [2.05, 4.69) is 28.4 Å². The van der Waals surface area contributed by atoms with Crippen molar-refractivity contribution in [2.45, 2.75) is 26.8 Å². The Morgan fingerprint density at radius 1 is 1.50 bits per heavy atom. The molecule has 1 fully saturated rings. The van der Waals surface area contributed by atoms with Crippen LogP contribution in [0, 0.1) is 18.8 Å². The molecule has 2 aromatic heterocycles. The van der Waals surface area contributed by atoms with E-state index in [9.17, 15) is 0 Å². The molecular weight excluding hydrogens is 224 g/mol.